The number of nitrogens with zero attached hydrogens (tertiary/aromatic N) is 6. The topological polar surface area (TPSA) is 199 Å². The first kappa shape index (κ1) is 28.9. The Bertz CT molecular complexity index is 1260. The minimum absolute atomic E-state index is 0. The Morgan fingerprint density at radius 2 is 0.889 bits per heavy atom. The predicted molar refractivity (Wildman–Crippen MR) is 118 cm³/mol. The van der Waals surface area contributed by atoms with Crippen LogP contribution in [0.4, 0.5) is 16.7 Å². The molecule has 0 aliphatic rings. The molecule has 15 heteroatoms. The fraction of sp³-hybridized carbons (Fsp3) is 0. The van der Waals surface area contributed by atoms with E-state index in [2.05, 4.69) is 39.4 Å². The smallest absolute Gasteiger partial charge is 1.00 e. The average molecular weight is 506 g/mol. The van der Waals surface area contributed by atoms with Gasteiger partial charge in [0, 0.05) is 59.4 Å². The molecule has 4 N–H and O–H groups in total. The van der Waals surface area contributed by atoms with Gasteiger partial charge in [-0.2, -0.15) is 0 Å². The number of ether oxygens (including phenoxy) is 2. The monoisotopic (exact) mass is 506 g/mol. The van der Waals surface area contributed by atoms with Gasteiger partial charge in [0.05, 0.1) is 0 Å². The number of carbonyl (C=O) groups excluding carboxylic acids is 3. The van der Waals surface area contributed by atoms with Crippen molar-refractivity contribution in [2.75, 3.05) is 11.5 Å². The third-order valence-electron chi connectivity index (χ3n) is 4.31. The first-order valence-corrected chi connectivity index (χ1v) is 9.45. The van der Waals surface area contributed by atoms with Gasteiger partial charge in [0.25, 0.3) is 0 Å². The summed E-state index contributed by atoms with van der Waals surface area (Å²) in [7, 11) is 0. The zero-order valence-electron chi connectivity index (χ0n) is 21.2. The van der Waals surface area contributed by atoms with Gasteiger partial charge in [0.2, 0.25) is 11.9 Å². The van der Waals surface area contributed by atoms with Crippen molar-refractivity contribution in [3.8, 4) is 22.3 Å². The van der Waals surface area contributed by atoms with E-state index in [-0.39, 0.29) is 85.3 Å². The van der Waals surface area contributed by atoms with Crippen molar-refractivity contribution in [2.24, 2.45) is 0 Å². The van der Waals surface area contributed by atoms with E-state index < -0.39 is 18.1 Å². The van der Waals surface area contributed by atoms with Crippen LogP contribution in [0.3, 0.4) is 0 Å². The summed E-state index contributed by atoms with van der Waals surface area (Å²) in [6, 6.07) is 5.74. The first-order valence-electron chi connectivity index (χ1n) is 9.45. The Morgan fingerprint density at radius 3 is 1.19 bits per heavy atom. The van der Waals surface area contributed by atoms with Crippen LogP contribution in [0.1, 0.15) is 23.8 Å². The van der Waals surface area contributed by atoms with Crippen molar-refractivity contribution >= 4 is 30.0 Å². The summed E-state index contributed by atoms with van der Waals surface area (Å²) in [5, 5.41) is 0. The van der Waals surface area contributed by atoms with Gasteiger partial charge in [-0.15, -0.1) is 0 Å². The first-order chi connectivity index (χ1) is 16.4. The van der Waals surface area contributed by atoms with Crippen LogP contribution in [0.25, 0.3) is 22.3 Å². The van der Waals surface area contributed by atoms with Crippen LogP contribution < -0.4 is 70.6 Å². The number of aromatic nitrogens is 6. The van der Waals surface area contributed by atoms with Crippen LogP contribution in [-0.2, 0) is 9.47 Å². The second-order valence-corrected chi connectivity index (χ2v) is 6.55. The molecule has 0 unspecified atom stereocenters. The second kappa shape index (κ2) is 13.1. The predicted octanol–water partition coefficient (Wildman–Crippen LogP) is -4.08. The summed E-state index contributed by atoms with van der Waals surface area (Å²) in [6.07, 6.45) is 7.16. The number of nitrogens with two attached hydrogens (primary N) is 2. The van der Waals surface area contributed by atoms with Gasteiger partial charge in [0.15, 0.2) is 0 Å². The van der Waals surface area contributed by atoms with Gasteiger partial charge in [-0.05, 0) is 12.1 Å². The molecule has 0 aliphatic heterocycles. The van der Waals surface area contributed by atoms with Gasteiger partial charge >= 0.3 is 77.2 Å². The molecule has 0 aromatic carbocycles. The Morgan fingerprint density at radius 1 is 0.556 bits per heavy atom. The van der Waals surface area contributed by atoms with Gasteiger partial charge in [0.1, 0.15) is 11.4 Å². The van der Waals surface area contributed by atoms with Crippen molar-refractivity contribution < 1.29 is 85.8 Å². The number of hydrogen-bond acceptors (Lipinski definition) is 13. The molecule has 13 nitrogen and oxygen atoms in total. The molecular weight excluding hydrogens is 490 g/mol. The third-order valence-corrected chi connectivity index (χ3v) is 4.31. The van der Waals surface area contributed by atoms with E-state index in [1.54, 1.807) is 12.1 Å². The molecule has 0 saturated carbocycles. The molecule has 36 heavy (non-hydrogen) atoms. The molecule has 0 aliphatic carbocycles. The molecule has 0 saturated heterocycles. The zero-order valence-corrected chi connectivity index (χ0v) is 23.2. The average Bonchev–Trinajstić information content (AvgIpc) is 2.85. The van der Waals surface area contributed by atoms with Crippen molar-refractivity contribution in [1.29, 1.82) is 0 Å². The summed E-state index contributed by atoms with van der Waals surface area (Å²) < 4.78 is 9.03. The maximum atomic E-state index is 12.1. The van der Waals surface area contributed by atoms with Crippen LogP contribution in [0.2, 0.25) is 0 Å². The van der Waals surface area contributed by atoms with Crippen molar-refractivity contribution in [3.63, 3.8) is 0 Å². The summed E-state index contributed by atoms with van der Waals surface area (Å²) in [5.74, 6) is -1.98. The number of esters is 2. The Kier molecular flexibility index (Phi) is 10.5. The normalized spacial score (nSPS) is 9.78. The molecule has 4 heterocycles. The van der Waals surface area contributed by atoms with Gasteiger partial charge in [-0.25, -0.2) is 44.3 Å². The SMILES string of the molecule is Nc1ncc(-c2ccc(C(=O)OC(=O)OC(=O)c3ccc(-c4cnc(N)nc4)cn3)nc2)cn1.[H-].[H-].[Na+].[Na+]. The third kappa shape index (κ3) is 7.34. The maximum absolute atomic E-state index is 12.1. The number of carbonyl (C=O) groups is 3. The number of pyridine rings is 2. The molecule has 4 aromatic heterocycles. The van der Waals surface area contributed by atoms with Gasteiger partial charge < -0.3 is 23.8 Å². The van der Waals surface area contributed by atoms with E-state index in [9.17, 15) is 14.4 Å². The molecule has 0 bridgehead atoms. The Balaban J connectivity index is 0.00000342. The van der Waals surface area contributed by atoms with Crippen LogP contribution in [0.15, 0.2) is 61.4 Å². The van der Waals surface area contributed by atoms with Crippen molar-refractivity contribution in [1.82, 2.24) is 29.9 Å². The largest absolute Gasteiger partial charge is 1.00 e. The molecule has 0 fully saturated rings. The van der Waals surface area contributed by atoms with E-state index >= 15 is 0 Å². The standard InChI is InChI=1S/C21H14N8O5.2Na.2H/c22-19-26-7-13(8-27-19)11-1-3-15(24-5-11)17(30)33-21(32)34-18(31)16-4-2-12(6-25-16)14-9-28-20(23)29-10-14;;;;/h1-10H,(H2,22,26,27)(H2,23,28,29);;;;/q;2*+1;2*-1. The molecule has 4 rings (SSSR count). The van der Waals surface area contributed by atoms with Crippen LogP contribution in [0.5, 0.6) is 0 Å². The van der Waals surface area contributed by atoms with Crippen LogP contribution >= 0.6 is 0 Å². The van der Waals surface area contributed by atoms with E-state index in [4.69, 9.17) is 11.5 Å². The minimum atomic E-state index is -1.52. The van der Waals surface area contributed by atoms with E-state index in [0.717, 1.165) is 0 Å². The quantitative estimate of drug-likeness (QED) is 0.154. The Hall–Kier alpha value is -3.33. The zero-order chi connectivity index (χ0) is 24.1. The van der Waals surface area contributed by atoms with E-state index in [1.807, 2.05) is 0 Å². The van der Waals surface area contributed by atoms with Gasteiger partial charge in [-0.1, -0.05) is 12.1 Å². The summed E-state index contributed by atoms with van der Waals surface area (Å²) >= 11 is 0. The van der Waals surface area contributed by atoms with Crippen molar-refractivity contribution in [2.45, 2.75) is 0 Å². The molecular formula is C21H16N8Na2O5. The van der Waals surface area contributed by atoms with Crippen LogP contribution in [0, 0.1) is 0 Å². The molecule has 172 valence electrons. The number of nitrogen functional groups attached to an aromatic ring is 2. The maximum Gasteiger partial charge on any atom is 1.00 e. The second-order valence-electron chi connectivity index (χ2n) is 6.55. The number of hydrogen-bond donors (Lipinski definition) is 2. The molecule has 0 atom stereocenters. The molecule has 0 amide bonds. The fourth-order valence-electron chi connectivity index (χ4n) is 2.62. The minimum Gasteiger partial charge on any atom is -1.00 e. The summed E-state index contributed by atoms with van der Waals surface area (Å²) in [4.78, 5) is 59.4. The fourth-order valence-corrected chi connectivity index (χ4v) is 2.62. The summed E-state index contributed by atoms with van der Waals surface area (Å²) in [6.45, 7) is 0. The van der Waals surface area contributed by atoms with Crippen LogP contribution in [-0.4, -0.2) is 48.0 Å². The molecule has 0 spiro atoms. The number of rotatable bonds is 4. The number of anilines is 2. The summed E-state index contributed by atoms with van der Waals surface area (Å²) in [5.41, 5.74) is 13.0. The Labute approximate surface area is 250 Å². The molecule has 0 radical (unpaired) electrons. The van der Waals surface area contributed by atoms with Crippen molar-refractivity contribution in [3.05, 3.63) is 72.8 Å². The van der Waals surface area contributed by atoms with Gasteiger partial charge in [-0.3, -0.25) is 0 Å². The van der Waals surface area contributed by atoms with E-state index in [1.165, 1.54) is 49.3 Å². The van der Waals surface area contributed by atoms with E-state index in [0.29, 0.717) is 22.3 Å². The molecule has 4 aromatic rings.